The number of para-hydroxylation sites is 1. The second-order valence-corrected chi connectivity index (χ2v) is 8.01. The Kier molecular flexibility index (Phi) is 6.43. The summed E-state index contributed by atoms with van der Waals surface area (Å²) in [5.41, 5.74) is 0.604. The van der Waals surface area contributed by atoms with Gasteiger partial charge in [-0.05, 0) is 24.5 Å². The lowest BCUT2D eigenvalue weighted by atomic mass is 10.1. The number of benzene rings is 2. The molecular weight excluding hydrogens is 390 g/mol. The van der Waals surface area contributed by atoms with Gasteiger partial charge in [0.25, 0.3) is 11.2 Å². The van der Waals surface area contributed by atoms with E-state index >= 15 is 0 Å². The van der Waals surface area contributed by atoms with Crippen molar-refractivity contribution in [2.75, 3.05) is 5.75 Å². The average molecular weight is 411 g/mol. The molecule has 0 aliphatic heterocycles. The van der Waals surface area contributed by atoms with Crippen molar-refractivity contribution in [1.29, 1.82) is 0 Å². The molecule has 0 aliphatic rings. The van der Waals surface area contributed by atoms with Gasteiger partial charge in [-0.25, -0.2) is 4.98 Å². The van der Waals surface area contributed by atoms with Crippen molar-refractivity contribution in [2.45, 2.75) is 32.0 Å². The van der Waals surface area contributed by atoms with Crippen LogP contribution < -0.4 is 5.56 Å². The molecule has 0 spiro atoms. The van der Waals surface area contributed by atoms with Crippen LogP contribution in [0, 0.1) is 16.0 Å². The number of thioether (sulfide) groups is 1. The van der Waals surface area contributed by atoms with Crippen molar-refractivity contribution in [1.82, 2.24) is 9.55 Å². The van der Waals surface area contributed by atoms with Gasteiger partial charge < -0.3 is 0 Å². The number of carbonyl (C=O) groups excluding carboxylic acids is 1. The number of hydrogen-bond acceptors (Lipinski definition) is 6. The zero-order valence-electron chi connectivity index (χ0n) is 16.2. The van der Waals surface area contributed by atoms with Crippen LogP contribution in [-0.4, -0.2) is 26.0 Å². The third kappa shape index (κ3) is 4.89. The number of hydrogen-bond donors (Lipinski definition) is 0. The van der Waals surface area contributed by atoms with Crippen LogP contribution in [0.4, 0.5) is 5.69 Å². The van der Waals surface area contributed by atoms with Crippen LogP contribution in [0.2, 0.25) is 0 Å². The van der Waals surface area contributed by atoms with Gasteiger partial charge in [0.05, 0.1) is 21.6 Å². The number of nitrogens with zero attached hydrogens (tertiary/aromatic N) is 3. The fourth-order valence-corrected chi connectivity index (χ4v) is 3.77. The molecule has 0 bridgehead atoms. The zero-order chi connectivity index (χ0) is 21.0. The van der Waals surface area contributed by atoms with Crippen LogP contribution in [0.5, 0.6) is 0 Å². The van der Waals surface area contributed by atoms with Crippen LogP contribution >= 0.6 is 11.8 Å². The highest BCUT2D eigenvalue weighted by Crippen LogP contribution is 2.21. The fourth-order valence-electron chi connectivity index (χ4n) is 2.85. The smallest absolute Gasteiger partial charge is 0.270 e. The molecule has 1 heterocycles. The minimum atomic E-state index is -0.529. The van der Waals surface area contributed by atoms with E-state index < -0.39 is 4.92 Å². The minimum Gasteiger partial charge on any atom is -0.293 e. The SMILES string of the molecule is CC(C)CCn1c(SCC(=O)c2cccc([N+](=O)[O-])c2)nc2ccccc2c1=O. The third-order valence-corrected chi connectivity index (χ3v) is 5.44. The number of non-ortho nitro benzene ring substituents is 1. The van der Waals surface area contributed by atoms with Gasteiger partial charge in [0.2, 0.25) is 0 Å². The Hall–Kier alpha value is -3.00. The van der Waals surface area contributed by atoms with Crippen molar-refractivity contribution in [3.63, 3.8) is 0 Å². The first-order chi connectivity index (χ1) is 13.9. The summed E-state index contributed by atoms with van der Waals surface area (Å²) in [6.45, 7) is 4.68. The largest absolute Gasteiger partial charge is 0.293 e. The standard InChI is InChI=1S/C21H21N3O4S/c1-14(2)10-11-23-20(26)17-8-3-4-9-18(17)22-21(23)29-13-19(25)15-6-5-7-16(12-15)24(27)28/h3-9,12,14H,10-11,13H2,1-2H3. The summed E-state index contributed by atoms with van der Waals surface area (Å²) < 4.78 is 1.62. The summed E-state index contributed by atoms with van der Waals surface area (Å²) in [4.78, 5) is 40.5. The van der Waals surface area contributed by atoms with Gasteiger partial charge in [0, 0.05) is 24.2 Å². The number of Topliss-reactive ketones (excluding diaryl/α,β-unsaturated/α-hetero) is 1. The molecular formula is C21H21N3O4S. The molecule has 0 radical (unpaired) electrons. The highest BCUT2D eigenvalue weighted by Gasteiger charge is 2.16. The lowest BCUT2D eigenvalue weighted by Crippen LogP contribution is -2.24. The molecule has 0 amide bonds. The minimum absolute atomic E-state index is 0.0353. The predicted octanol–water partition coefficient (Wildman–Crippen LogP) is 4.33. The lowest BCUT2D eigenvalue weighted by molar-refractivity contribution is -0.384. The number of ketones is 1. The van der Waals surface area contributed by atoms with E-state index in [4.69, 9.17) is 0 Å². The van der Waals surface area contributed by atoms with E-state index in [9.17, 15) is 19.7 Å². The van der Waals surface area contributed by atoms with Gasteiger partial charge in [0.15, 0.2) is 10.9 Å². The van der Waals surface area contributed by atoms with Gasteiger partial charge in [-0.1, -0.05) is 49.9 Å². The molecule has 0 saturated carbocycles. The first kappa shape index (κ1) is 20.7. The van der Waals surface area contributed by atoms with Crippen LogP contribution in [-0.2, 0) is 6.54 Å². The molecule has 150 valence electrons. The topological polar surface area (TPSA) is 95.1 Å². The van der Waals surface area contributed by atoms with Crippen molar-refractivity contribution in [3.8, 4) is 0 Å². The quantitative estimate of drug-likeness (QED) is 0.180. The molecule has 0 saturated heterocycles. The summed E-state index contributed by atoms with van der Waals surface area (Å²) in [5.74, 6) is 0.197. The summed E-state index contributed by atoms with van der Waals surface area (Å²) >= 11 is 1.18. The van der Waals surface area contributed by atoms with E-state index in [1.54, 1.807) is 28.8 Å². The highest BCUT2D eigenvalue weighted by atomic mass is 32.2. The number of nitro benzene ring substituents is 1. The molecule has 3 aromatic rings. The van der Waals surface area contributed by atoms with Crippen molar-refractivity contribution in [3.05, 3.63) is 74.6 Å². The fraction of sp³-hybridized carbons (Fsp3) is 0.286. The molecule has 0 N–H and O–H groups in total. The summed E-state index contributed by atoms with van der Waals surface area (Å²) in [7, 11) is 0. The maximum Gasteiger partial charge on any atom is 0.270 e. The Labute approximate surface area is 171 Å². The van der Waals surface area contributed by atoms with Crippen LogP contribution in [0.25, 0.3) is 10.9 Å². The predicted molar refractivity (Wildman–Crippen MR) is 114 cm³/mol. The lowest BCUT2D eigenvalue weighted by Gasteiger charge is -2.14. The molecule has 1 aromatic heterocycles. The number of carbonyl (C=O) groups is 1. The zero-order valence-corrected chi connectivity index (χ0v) is 17.0. The molecule has 3 rings (SSSR count). The van der Waals surface area contributed by atoms with E-state index in [0.29, 0.717) is 28.5 Å². The summed E-state index contributed by atoms with van der Waals surface area (Å²) in [5, 5.41) is 12.0. The summed E-state index contributed by atoms with van der Waals surface area (Å²) in [6.07, 6.45) is 0.812. The van der Waals surface area contributed by atoms with E-state index in [-0.39, 0.29) is 28.3 Å². The molecule has 8 heteroatoms. The van der Waals surface area contributed by atoms with E-state index in [1.165, 1.54) is 30.0 Å². The Morgan fingerprint density at radius 1 is 1.21 bits per heavy atom. The van der Waals surface area contributed by atoms with Crippen LogP contribution in [0.15, 0.2) is 58.5 Å². The molecule has 0 unspecified atom stereocenters. The van der Waals surface area contributed by atoms with E-state index in [1.807, 2.05) is 6.07 Å². The number of aromatic nitrogens is 2. The van der Waals surface area contributed by atoms with Crippen LogP contribution in [0.1, 0.15) is 30.6 Å². The van der Waals surface area contributed by atoms with Gasteiger partial charge >= 0.3 is 0 Å². The average Bonchev–Trinajstić information content (AvgIpc) is 2.71. The Balaban J connectivity index is 1.89. The number of rotatable bonds is 8. The molecule has 7 nitrogen and oxygen atoms in total. The van der Waals surface area contributed by atoms with Gasteiger partial charge in [-0.15, -0.1) is 0 Å². The molecule has 2 aromatic carbocycles. The number of nitro groups is 1. The second kappa shape index (κ2) is 9.00. The second-order valence-electron chi connectivity index (χ2n) is 7.07. The normalized spacial score (nSPS) is 11.1. The third-order valence-electron chi connectivity index (χ3n) is 4.47. The maximum absolute atomic E-state index is 12.9. The van der Waals surface area contributed by atoms with Crippen molar-refractivity contribution in [2.24, 2.45) is 5.92 Å². The van der Waals surface area contributed by atoms with Gasteiger partial charge in [-0.3, -0.25) is 24.3 Å². The number of fused-ring (bicyclic) bond motifs is 1. The Bertz CT molecular complexity index is 1120. The Morgan fingerprint density at radius 2 is 1.97 bits per heavy atom. The van der Waals surface area contributed by atoms with Crippen molar-refractivity contribution >= 4 is 34.1 Å². The van der Waals surface area contributed by atoms with E-state index in [2.05, 4.69) is 18.8 Å². The monoisotopic (exact) mass is 411 g/mol. The molecule has 0 atom stereocenters. The van der Waals surface area contributed by atoms with Gasteiger partial charge in [0.1, 0.15) is 0 Å². The maximum atomic E-state index is 12.9. The molecule has 0 aliphatic carbocycles. The van der Waals surface area contributed by atoms with Crippen molar-refractivity contribution < 1.29 is 9.72 Å². The van der Waals surface area contributed by atoms with Gasteiger partial charge in [-0.2, -0.15) is 0 Å². The molecule has 29 heavy (non-hydrogen) atoms. The first-order valence-corrected chi connectivity index (χ1v) is 10.3. The highest BCUT2D eigenvalue weighted by molar-refractivity contribution is 7.99. The molecule has 0 fully saturated rings. The first-order valence-electron chi connectivity index (χ1n) is 9.27. The van der Waals surface area contributed by atoms with E-state index in [0.717, 1.165) is 6.42 Å². The van der Waals surface area contributed by atoms with Crippen LogP contribution in [0.3, 0.4) is 0 Å². The summed E-state index contributed by atoms with van der Waals surface area (Å²) in [6, 6.07) is 12.8. The Morgan fingerprint density at radius 3 is 2.69 bits per heavy atom.